The van der Waals surface area contributed by atoms with Gasteiger partial charge in [-0.15, -0.1) is 13.2 Å². The molecular formula is C27H20F5NO6. The number of fused-ring (bicyclic) bond motifs is 1. The summed E-state index contributed by atoms with van der Waals surface area (Å²) in [6, 6.07) is 13.1. The fourth-order valence-electron chi connectivity index (χ4n) is 3.98. The lowest BCUT2D eigenvalue weighted by atomic mass is 9.97. The summed E-state index contributed by atoms with van der Waals surface area (Å²) in [5.41, 5.74) is 1.45. The van der Waals surface area contributed by atoms with Crippen molar-refractivity contribution >= 4 is 17.1 Å². The van der Waals surface area contributed by atoms with Gasteiger partial charge in [-0.05, 0) is 35.7 Å². The number of ether oxygens (including phenoxy) is 4. The van der Waals surface area contributed by atoms with Crippen molar-refractivity contribution in [2.24, 2.45) is 0 Å². The van der Waals surface area contributed by atoms with Crippen LogP contribution in [0.1, 0.15) is 12.6 Å². The third kappa shape index (κ3) is 6.11. The Kier molecular flexibility index (Phi) is 7.75. The summed E-state index contributed by atoms with van der Waals surface area (Å²) < 4.78 is 85.5. The van der Waals surface area contributed by atoms with Crippen LogP contribution in [0.5, 0.6) is 11.5 Å². The Bertz CT molecular complexity index is 1510. The van der Waals surface area contributed by atoms with Crippen LogP contribution in [0.4, 0.5) is 26.7 Å². The number of alkyl halides is 3. The zero-order chi connectivity index (χ0) is 28.3. The SMILES string of the molecule is CCOC(=O)OCOc1c(-c2ccc(-c3ccc(OC(F)(F)F)cc3)cc2)c(C)[n+]([O-])c2cc(F)cc(F)c12. The molecule has 1 heterocycles. The van der Waals surface area contributed by atoms with Crippen LogP contribution in [0.2, 0.25) is 0 Å². The first kappa shape index (κ1) is 27.4. The van der Waals surface area contributed by atoms with E-state index in [-0.39, 0.29) is 40.3 Å². The number of carbonyl (C=O) groups is 1. The minimum atomic E-state index is -4.81. The van der Waals surface area contributed by atoms with Crippen molar-refractivity contribution < 1.29 is 50.4 Å². The van der Waals surface area contributed by atoms with Gasteiger partial charge in [0, 0.05) is 19.1 Å². The van der Waals surface area contributed by atoms with Crippen LogP contribution < -0.4 is 14.2 Å². The Hall–Kier alpha value is -4.61. The number of benzene rings is 3. The fourth-order valence-corrected chi connectivity index (χ4v) is 3.98. The molecule has 0 aliphatic rings. The van der Waals surface area contributed by atoms with Gasteiger partial charge in [-0.1, -0.05) is 36.4 Å². The van der Waals surface area contributed by atoms with Crippen LogP contribution >= 0.6 is 0 Å². The lowest BCUT2D eigenvalue weighted by Crippen LogP contribution is -2.32. The molecule has 0 amide bonds. The smallest absolute Gasteiger partial charge is 0.573 e. The molecule has 204 valence electrons. The van der Waals surface area contributed by atoms with Crippen molar-refractivity contribution in [2.45, 2.75) is 20.2 Å². The summed E-state index contributed by atoms with van der Waals surface area (Å²) >= 11 is 0. The molecule has 3 aromatic carbocycles. The van der Waals surface area contributed by atoms with E-state index >= 15 is 0 Å². The molecule has 0 fully saturated rings. The summed E-state index contributed by atoms with van der Waals surface area (Å²) in [6.07, 6.45) is -5.84. The number of hydrogen-bond acceptors (Lipinski definition) is 6. The number of halogens is 5. The summed E-state index contributed by atoms with van der Waals surface area (Å²) in [5, 5.41) is 12.7. The summed E-state index contributed by atoms with van der Waals surface area (Å²) in [6.45, 7) is 2.35. The Morgan fingerprint density at radius 3 is 2.10 bits per heavy atom. The first-order valence-electron chi connectivity index (χ1n) is 11.4. The Labute approximate surface area is 218 Å². The molecule has 4 rings (SSSR count). The van der Waals surface area contributed by atoms with Gasteiger partial charge in [-0.25, -0.2) is 13.6 Å². The van der Waals surface area contributed by atoms with Gasteiger partial charge in [0.1, 0.15) is 22.8 Å². The molecular weight excluding hydrogens is 529 g/mol. The van der Waals surface area contributed by atoms with Gasteiger partial charge in [0.2, 0.25) is 18.0 Å². The summed E-state index contributed by atoms with van der Waals surface area (Å²) in [4.78, 5) is 11.6. The van der Waals surface area contributed by atoms with E-state index in [2.05, 4.69) is 9.47 Å². The fraction of sp³-hybridized carbons (Fsp3) is 0.185. The number of hydrogen-bond donors (Lipinski definition) is 0. The molecule has 0 bridgehead atoms. The zero-order valence-corrected chi connectivity index (χ0v) is 20.5. The first-order chi connectivity index (χ1) is 18.5. The van der Waals surface area contributed by atoms with Crippen molar-refractivity contribution in [3.8, 4) is 33.8 Å². The topological polar surface area (TPSA) is 80.9 Å². The van der Waals surface area contributed by atoms with E-state index in [0.29, 0.717) is 27.5 Å². The maximum Gasteiger partial charge on any atom is 0.573 e. The zero-order valence-electron chi connectivity index (χ0n) is 20.5. The monoisotopic (exact) mass is 549 g/mol. The second-order valence-corrected chi connectivity index (χ2v) is 8.10. The molecule has 39 heavy (non-hydrogen) atoms. The quantitative estimate of drug-likeness (QED) is 0.0829. The van der Waals surface area contributed by atoms with Gasteiger partial charge in [0.05, 0.1) is 12.2 Å². The highest BCUT2D eigenvalue weighted by Gasteiger charge is 2.31. The number of nitrogens with zero attached hydrogens (tertiary/aromatic N) is 1. The van der Waals surface area contributed by atoms with Crippen molar-refractivity contribution in [3.63, 3.8) is 0 Å². The van der Waals surface area contributed by atoms with Crippen LogP contribution in [0.15, 0.2) is 60.7 Å². The predicted molar refractivity (Wildman–Crippen MR) is 129 cm³/mol. The van der Waals surface area contributed by atoms with E-state index in [1.807, 2.05) is 0 Å². The lowest BCUT2D eigenvalue weighted by molar-refractivity contribution is -0.583. The Morgan fingerprint density at radius 2 is 1.51 bits per heavy atom. The van der Waals surface area contributed by atoms with E-state index in [1.165, 1.54) is 31.2 Å². The minimum Gasteiger partial charge on any atom is -0.618 e. The molecule has 0 unspecified atom stereocenters. The maximum atomic E-state index is 15.0. The van der Waals surface area contributed by atoms with Gasteiger partial charge < -0.3 is 24.2 Å². The minimum absolute atomic E-state index is 0.0417. The van der Waals surface area contributed by atoms with Crippen molar-refractivity contribution in [3.05, 3.63) is 83.2 Å². The molecule has 0 aliphatic carbocycles. The highest BCUT2D eigenvalue weighted by Crippen LogP contribution is 2.40. The van der Waals surface area contributed by atoms with Crippen LogP contribution in [0, 0.1) is 23.8 Å². The molecule has 7 nitrogen and oxygen atoms in total. The van der Waals surface area contributed by atoms with Crippen LogP contribution in [0.3, 0.4) is 0 Å². The van der Waals surface area contributed by atoms with Crippen LogP contribution in [0.25, 0.3) is 33.2 Å². The molecule has 0 atom stereocenters. The highest BCUT2D eigenvalue weighted by molar-refractivity contribution is 5.92. The van der Waals surface area contributed by atoms with E-state index < -0.39 is 30.9 Å². The maximum absolute atomic E-state index is 15.0. The molecule has 0 spiro atoms. The normalized spacial score (nSPS) is 11.4. The molecule has 0 radical (unpaired) electrons. The lowest BCUT2D eigenvalue weighted by Gasteiger charge is -2.18. The molecule has 4 aromatic rings. The van der Waals surface area contributed by atoms with Gasteiger partial charge >= 0.3 is 12.5 Å². The molecule has 0 saturated heterocycles. The van der Waals surface area contributed by atoms with E-state index in [0.717, 1.165) is 6.07 Å². The number of carbonyl (C=O) groups excluding carboxylic acids is 1. The van der Waals surface area contributed by atoms with E-state index in [4.69, 9.17) is 9.47 Å². The molecule has 12 heteroatoms. The Balaban J connectivity index is 1.75. The van der Waals surface area contributed by atoms with E-state index in [9.17, 15) is 32.0 Å². The molecule has 0 aliphatic heterocycles. The van der Waals surface area contributed by atoms with Gasteiger partial charge in [0.15, 0.2) is 5.75 Å². The van der Waals surface area contributed by atoms with Crippen LogP contribution in [-0.4, -0.2) is 25.9 Å². The average Bonchev–Trinajstić information content (AvgIpc) is 2.87. The molecule has 0 N–H and O–H groups in total. The summed E-state index contributed by atoms with van der Waals surface area (Å²) in [7, 11) is 0. The second kappa shape index (κ2) is 11.0. The Morgan fingerprint density at radius 1 is 0.923 bits per heavy atom. The van der Waals surface area contributed by atoms with Crippen molar-refractivity contribution in [1.29, 1.82) is 0 Å². The second-order valence-electron chi connectivity index (χ2n) is 8.10. The first-order valence-corrected chi connectivity index (χ1v) is 11.4. The molecule has 1 aromatic heterocycles. The van der Waals surface area contributed by atoms with E-state index in [1.54, 1.807) is 31.2 Å². The number of rotatable bonds is 7. The highest BCUT2D eigenvalue weighted by atomic mass is 19.4. The third-order valence-electron chi connectivity index (χ3n) is 5.61. The third-order valence-corrected chi connectivity index (χ3v) is 5.61. The number of pyridine rings is 1. The van der Waals surface area contributed by atoms with Crippen LogP contribution in [-0.2, 0) is 9.47 Å². The number of aromatic nitrogens is 1. The van der Waals surface area contributed by atoms with Gasteiger partial charge in [-0.2, -0.15) is 4.73 Å². The summed E-state index contributed by atoms with van der Waals surface area (Å²) in [5.74, 6) is -2.58. The molecule has 0 saturated carbocycles. The van der Waals surface area contributed by atoms with Gasteiger partial charge in [0.25, 0.3) is 0 Å². The predicted octanol–water partition coefficient (Wildman–Crippen LogP) is 6.80. The largest absolute Gasteiger partial charge is 0.618 e. The van der Waals surface area contributed by atoms with Crippen molar-refractivity contribution in [2.75, 3.05) is 13.4 Å². The standard InChI is InChI=1S/C27H20F5NO6/c1-3-36-26(34)38-14-37-25-23(15(2)33(35)22-13-19(28)12-21(29)24(22)25)18-6-4-16(5-7-18)17-8-10-20(11-9-17)39-27(30,31)32/h4-13H,3,14H2,1-2H3. The van der Waals surface area contributed by atoms with Crippen molar-refractivity contribution in [1.82, 2.24) is 0 Å². The average molecular weight is 549 g/mol. The van der Waals surface area contributed by atoms with Gasteiger partial charge in [-0.3, -0.25) is 0 Å².